The summed E-state index contributed by atoms with van der Waals surface area (Å²) in [5.74, 6) is 0. The normalized spacial score (nSPS) is 41.7. The number of hydrogen-bond acceptors (Lipinski definition) is 2. The van der Waals surface area contributed by atoms with Gasteiger partial charge in [0.05, 0.1) is 24.0 Å². The van der Waals surface area contributed by atoms with Gasteiger partial charge in [0.2, 0.25) is 0 Å². The molecule has 0 aliphatic heterocycles. The fourth-order valence-electron chi connectivity index (χ4n) is 5.62. The molecule has 0 unspecified atom stereocenters. The Balaban J connectivity index is 1.88. The zero-order chi connectivity index (χ0) is 12.4. The van der Waals surface area contributed by atoms with Crippen molar-refractivity contribution in [3.63, 3.8) is 0 Å². The molecule has 0 heterocycles. The molecule has 0 aromatic carbocycles. The maximum absolute atomic E-state index is 10.1. The average molecular weight is 246 g/mol. The molecule has 0 aromatic heterocycles. The SMILES string of the molecule is OCC12C3=C(CCCC3)C1(CO)C1=C2CCCC1. The van der Waals surface area contributed by atoms with E-state index < -0.39 is 0 Å². The summed E-state index contributed by atoms with van der Waals surface area (Å²) in [5.41, 5.74) is 5.87. The Hall–Kier alpha value is -0.600. The van der Waals surface area contributed by atoms with Crippen molar-refractivity contribution in [2.75, 3.05) is 13.2 Å². The summed E-state index contributed by atoms with van der Waals surface area (Å²) in [6.45, 7) is 0.455. The highest BCUT2D eigenvalue weighted by Gasteiger charge is 2.73. The van der Waals surface area contributed by atoms with Crippen LogP contribution in [0.5, 0.6) is 0 Å². The van der Waals surface area contributed by atoms with Crippen LogP contribution >= 0.6 is 0 Å². The Bertz CT molecular complexity index is 393. The van der Waals surface area contributed by atoms with Gasteiger partial charge in [0, 0.05) is 0 Å². The van der Waals surface area contributed by atoms with Crippen molar-refractivity contribution in [1.29, 1.82) is 0 Å². The lowest BCUT2D eigenvalue weighted by Crippen LogP contribution is -2.67. The second-order valence-corrected chi connectivity index (χ2v) is 6.46. The van der Waals surface area contributed by atoms with Gasteiger partial charge in [-0.05, 0) is 51.4 Å². The lowest BCUT2D eigenvalue weighted by Gasteiger charge is -2.72. The van der Waals surface area contributed by atoms with Gasteiger partial charge in [-0.1, -0.05) is 22.3 Å². The number of hydrogen-bond donors (Lipinski definition) is 2. The molecule has 0 radical (unpaired) electrons. The number of aliphatic hydroxyl groups is 2. The second kappa shape index (κ2) is 3.49. The summed E-state index contributed by atoms with van der Waals surface area (Å²) in [7, 11) is 0. The first-order valence-electron chi connectivity index (χ1n) is 7.50. The minimum Gasteiger partial charge on any atom is -0.395 e. The van der Waals surface area contributed by atoms with Gasteiger partial charge in [0.25, 0.3) is 0 Å². The summed E-state index contributed by atoms with van der Waals surface area (Å²) < 4.78 is 0. The molecule has 18 heavy (non-hydrogen) atoms. The standard InChI is InChI=1S/C16H22O2/c17-9-15-11-5-1-2-6-12(11)16(15,10-18)14-8-4-3-7-13(14)15/h17-18H,1-10H2. The maximum Gasteiger partial charge on any atom is 0.0575 e. The molecule has 0 bridgehead atoms. The third kappa shape index (κ3) is 0.875. The van der Waals surface area contributed by atoms with Crippen molar-refractivity contribution in [3.8, 4) is 0 Å². The summed E-state index contributed by atoms with van der Waals surface area (Å²) >= 11 is 0. The molecule has 0 spiro atoms. The summed E-state index contributed by atoms with van der Waals surface area (Å²) in [6, 6.07) is 0. The Morgan fingerprint density at radius 2 is 0.889 bits per heavy atom. The van der Waals surface area contributed by atoms with Gasteiger partial charge in [-0.3, -0.25) is 0 Å². The molecule has 2 nitrogen and oxygen atoms in total. The largest absolute Gasteiger partial charge is 0.395 e. The summed E-state index contributed by atoms with van der Waals surface area (Å²) in [5, 5.41) is 20.1. The van der Waals surface area contributed by atoms with E-state index in [1.54, 1.807) is 0 Å². The lowest BCUT2D eigenvalue weighted by molar-refractivity contribution is -0.0391. The zero-order valence-electron chi connectivity index (χ0n) is 11.0. The van der Waals surface area contributed by atoms with Crippen molar-refractivity contribution in [3.05, 3.63) is 22.3 Å². The summed E-state index contributed by atoms with van der Waals surface area (Å²) in [6.07, 6.45) is 9.72. The molecule has 98 valence electrons. The van der Waals surface area contributed by atoms with E-state index in [0.717, 1.165) is 25.7 Å². The number of fused-ring (bicyclic) bond motifs is 5. The van der Waals surface area contributed by atoms with E-state index in [4.69, 9.17) is 0 Å². The lowest BCUT2D eigenvalue weighted by atomic mass is 9.31. The Morgan fingerprint density at radius 1 is 0.611 bits per heavy atom. The molecule has 2 heteroatoms. The van der Waals surface area contributed by atoms with Crippen LogP contribution in [0.15, 0.2) is 22.3 Å². The minimum atomic E-state index is -0.104. The van der Waals surface area contributed by atoms with Gasteiger partial charge < -0.3 is 10.2 Å². The van der Waals surface area contributed by atoms with E-state index in [9.17, 15) is 10.2 Å². The third-order valence-corrected chi connectivity index (χ3v) is 6.20. The van der Waals surface area contributed by atoms with Gasteiger partial charge in [0.1, 0.15) is 0 Å². The Labute approximate surface area is 108 Å². The van der Waals surface area contributed by atoms with Crippen LogP contribution in [0.25, 0.3) is 0 Å². The first kappa shape index (κ1) is 11.2. The fourth-order valence-corrected chi connectivity index (χ4v) is 5.62. The van der Waals surface area contributed by atoms with Crippen LogP contribution in [0.4, 0.5) is 0 Å². The van der Waals surface area contributed by atoms with Crippen molar-refractivity contribution >= 4 is 0 Å². The maximum atomic E-state index is 10.1. The van der Waals surface area contributed by atoms with Crippen molar-refractivity contribution < 1.29 is 10.2 Å². The van der Waals surface area contributed by atoms with E-state index in [-0.39, 0.29) is 24.0 Å². The molecule has 4 rings (SSSR count). The molecule has 0 amide bonds. The van der Waals surface area contributed by atoms with E-state index in [1.165, 1.54) is 48.0 Å². The molecule has 4 aliphatic carbocycles. The van der Waals surface area contributed by atoms with Crippen molar-refractivity contribution in [2.24, 2.45) is 10.8 Å². The molecule has 2 N–H and O–H groups in total. The third-order valence-electron chi connectivity index (χ3n) is 6.20. The molecule has 0 fully saturated rings. The van der Waals surface area contributed by atoms with Crippen LogP contribution in [-0.4, -0.2) is 23.4 Å². The van der Waals surface area contributed by atoms with Crippen molar-refractivity contribution in [2.45, 2.75) is 51.4 Å². The van der Waals surface area contributed by atoms with Gasteiger partial charge in [-0.25, -0.2) is 0 Å². The molecule has 0 saturated heterocycles. The van der Waals surface area contributed by atoms with Gasteiger partial charge in [0.15, 0.2) is 0 Å². The fraction of sp³-hybridized carbons (Fsp3) is 0.750. The first-order valence-corrected chi connectivity index (χ1v) is 7.50. The van der Waals surface area contributed by atoms with Crippen LogP contribution in [0.2, 0.25) is 0 Å². The second-order valence-electron chi connectivity index (χ2n) is 6.46. The van der Waals surface area contributed by atoms with Crippen LogP contribution in [-0.2, 0) is 0 Å². The van der Waals surface area contributed by atoms with Crippen LogP contribution < -0.4 is 0 Å². The monoisotopic (exact) mass is 246 g/mol. The van der Waals surface area contributed by atoms with E-state index in [2.05, 4.69) is 0 Å². The molecule has 0 atom stereocenters. The summed E-state index contributed by atoms with van der Waals surface area (Å²) in [4.78, 5) is 0. The smallest absolute Gasteiger partial charge is 0.0575 e. The highest BCUT2D eigenvalue weighted by atomic mass is 16.3. The highest BCUT2D eigenvalue weighted by molar-refractivity contribution is 5.67. The van der Waals surface area contributed by atoms with Gasteiger partial charge in [-0.2, -0.15) is 0 Å². The topological polar surface area (TPSA) is 40.5 Å². The van der Waals surface area contributed by atoms with Crippen LogP contribution in [0.1, 0.15) is 51.4 Å². The molecule has 0 saturated carbocycles. The number of aliphatic hydroxyl groups excluding tert-OH is 2. The average Bonchev–Trinajstić information content (AvgIpc) is 2.41. The molecule has 0 aromatic rings. The minimum absolute atomic E-state index is 0.104. The van der Waals surface area contributed by atoms with E-state index in [1.807, 2.05) is 0 Å². The molecule has 4 aliphatic rings. The predicted octanol–water partition coefficient (Wildman–Crippen LogP) is 2.71. The predicted molar refractivity (Wildman–Crippen MR) is 70.0 cm³/mol. The Morgan fingerprint density at radius 3 is 1.11 bits per heavy atom. The quantitative estimate of drug-likeness (QED) is 0.735. The van der Waals surface area contributed by atoms with E-state index >= 15 is 0 Å². The number of rotatable bonds is 2. The van der Waals surface area contributed by atoms with Gasteiger partial charge in [-0.15, -0.1) is 0 Å². The van der Waals surface area contributed by atoms with Crippen LogP contribution in [0, 0.1) is 10.8 Å². The first-order chi connectivity index (χ1) is 8.83. The Kier molecular flexibility index (Phi) is 2.18. The van der Waals surface area contributed by atoms with Crippen molar-refractivity contribution in [1.82, 2.24) is 0 Å². The zero-order valence-corrected chi connectivity index (χ0v) is 11.0. The van der Waals surface area contributed by atoms with Crippen LogP contribution in [0.3, 0.4) is 0 Å². The van der Waals surface area contributed by atoms with E-state index in [0.29, 0.717) is 0 Å². The molecular weight excluding hydrogens is 224 g/mol. The molecular formula is C16H22O2. The highest BCUT2D eigenvalue weighted by Crippen LogP contribution is 2.79. The van der Waals surface area contributed by atoms with Gasteiger partial charge >= 0.3 is 0 Å².